The molecule has 4 nitrogen and oxygen atoms in total. The molecule has 2 fully saturated rings. The van der Waals surface area contributed by atoms with Gasteiger partial charge in [-0.3, -0.25) is 14.5 Å². The summed E-state index contributed by atoms with van der Waals surface area (Å²) < 4.78 is 0. The maximum atomic E-state index is 12.2. The largest absolute Gasteiger partial charge is 0.350 e. The Hall–Kier alpha value is -0.900. The van der Waals surface area contributed by atoms with E-state index in [1.165, 1.54) is 6.42 Å². The van der Waals surface area contributed by atoms with Crippen LogP contribution in [0.2, 0.25) is 0 Å². The first-order chi connectivity index (χ1) is 9.87. The van der Waals surface area contributed by atoms with Gasteiger partial charge in [0.15, 0.2) is 0 Å². The number of piperidine rings is 1. The van der Waals surface area contributed by atoms with E-state index in [0.29, 0.717) is 12.3 Å². The molecule has 120 valence electrons. The number of hydrogen-bond acceptors (Lipinski definition) is 3. The topological polar surface area (TPSA) is 49.4 Å². The number of ketones is 1. The molecule has 0 spiro atoms. The van der Waals surface area contributed by atoms with Crippen LogP contribution in [0.5, 0.6) is 0 Å². The van der Waals surface area contributed by atoms with Crippen molar-refractivity contribution in [3.63, 3.8) is 0 Å². The minimum atomic E-state index is -0.191. The summed E-state index contributed by atoms with van der Waals surface area (Å²) in [5.41, 5.74) is -0.191. The normalized spacial score (nSPS) is 28.4. The SMILES string of the molecule is CC(C)(C)NC(=O)CN1CCCCC1C1CCCCC1=O. The van der Waals surface area contributed by atoms with Gasteiger partial charge in [-0.2, -0.15) is 0 Å². The zero-order chi connectivity index (χ0) is 15.5. The molecule has 2 aliphatic rings. The average molecular weight is 294 g/mol. The predicted molar refractivity (Wildman–Crippen MR) is 84.1 cm³/mol. The fourth-order valence-corrected chi connectivity index (χ4v) is 3.73. The van der Waals surface area contributed by atoms with E-state index in [1.807, 2.05) is 20.8 Å². The van der Waals surface area contributed by atoms with E-state index >= 15 is 0 Å². The van der Waals surface area contributed by atoms with Gasteiger partial charge in [-0.1, -0.05) is 12.8 Å². The van der Waals surface area contributed by atoms with E-state index in [9.17, 15) is 9.59 Å². The number of amides is 1. The molecular formula is C17H30N2O2. The number of carbonyl (C=O) groups is 2. The predicted octanol–water partition coefficient (Wildman–Crippen LogP) is 2.51. The third-order valence-electron chi connectivity index (χ3n) is 4.59. The molecule has 1 heterocycles. The van der Waals surface area contributed by atoms with Crippen LogP contribution in [0.4, 0.5) is 0 Å². The lowest BCUT2D eigenvalue weighted by atomic mass is 9.79. The van der Waals surface area contributed by atoms with Gasteiger partial charge in [0.1, 0.15) is 5.78 Å². The second-order valence-electron chi connectivity index (χ2n) is 7.65. The lowest BCUT2D eigenvalue weighted by Gasteiger charge is -2.41. The van der Waals surface area contributed by atoms with Crippen LogP contribution in [0.15, 0.2) is 0 Å². The van der Waals surface area contributed by atoms with Gasteiger partial charge in [0.05, 0.1) is 6.54 Å². The summed E-state index contributed by atoms with van der Waals surface area (Å²) in [6, 6.07) is 0.289. The lowest BCUT2D eigenvalue weighted by molar-refractivity contribution is -0.131. The molecule has 21 heavy (non-hydrogen) atoms. The van der Waals surface area contributed by atoms with Gasteiger partial charge < -0.3 is 5.32 Å². The van der Waals surface area contributed by atoms with Crippen molar-refractivity contribution in [2.45, 2.75) is 77.3 Å². The molecule has 1 saturated heterocycles. The molecule has 0 radical (unpaired) electrons. The third-order valence-corrected chi connectivity index (χ3v) is 4.59. The minimum Gasteiger partial charge on any atom is -0.350 e. The summed E-state index contributed by atoms with van der Waals surface area (Å²) in [6.45, 7) is 7.40. The molecule has 0 aromatic carbocycles. The highest BCUT2D eigenvalue weighted by molar-refractivity contribution is 5.82. The highest BCUT2D eigenvalue weighted by Crippen LogP contribution is 2.31. The molecule has 0 aromatic heterocycles. The van der Waals surface area contributed by atoms with Gasteiger partial charge in [-0.15, -0.1) is 0 Å². The molecule has 2 unspecified atom stereocenters. The highest BCUT2D eigenvalue weighted by atomic mass is 16.2. The van der Waals surface area contributed by atoms with E-state index in [0.717, 1.165) is 45.1 Å². The van der Waals surface area contributed by atoms with Crippen molar-refractivity contribution < 1.29 is 9.59 Å². The van der Waals surface area contributed by atoms with Crippen molar-refractivity contribution in [2.75, 3.05) is 13.1 Å². The molecular weight excluding hydrogens is 264 g/mol. The Morgan fingerprint density at radius 3 is 2.57 bits per heavy atom. The molecule has 0 aromatic rings. The number of hydrogen-bond donors (Lipinski definition) is 1. The first kappa shape index (κ1) is 16.5. The van der Waals surface area contributed by atoms with Crippen molar-refractivity contribution >= 4 is 11.7 Å². The summed E-state index contributed by atoms with van der Waals surface area (Å²) in [4.78, 5) is 26.7. The third kappa shape index (κ3) is 4.80. The van der Waals surface area contributed by atoms with Gasteiger partial charge in [0.2, 0.25) is 5.91 Å². The number of likely N-dealkylation sites (tertiary alicyclic amines) is 1. The average Bonchev–Trinajstić information content (AvgIpc) is 2.38. The Bertz CT molecular complexity index is 387. The Kier molecular flexibility index (Phi) is 5.42. The second kappa shape index (κ2) is 6.91. The Morgan fingerprint density at radius 1 is 1.19 bits per heavy atom. The van der Waals surface area contributed by atoms with Gasteiger partial charge in [0, 0.05) is 23.9 Å². The zero-order valence-corrected chi connectivity index (χ0v) is 13.8. The first-order valence-electron chi connectivity index (χ1n) is 8.44. The molecule has 0 bridgehead atoms. The fourth-order valence-electron chi connectivity index (χ4n) is 3.73. The van der Waals surface area contributed by atoms with Gasteiger partial charge in [-0.25, -0.2) is 0 Å². The van der Waals surface area contributed by atoms with Crippen molar-refractivity contribution in [3.8, 4) is 0 Å². The summed E-state index contributed by atoms with van der Waals surface area (Å²) in [7, 11) is 0. The number of rotatable bonds is 3. The molecule has 1 amide bonds. The Morgan fingerprint density at radius 2 is 1.90 bits per heavy atom. The zero-order valence-electron chi connectivity index (χ0n) is 13.8. The standard InChI is InChI=1S/C17H30N2O2/c1-17(2,3)18-16(21)12-19-11-7-6-9-14(19)13-8-4-5-10-15(13)20/h13-14H,4-12H2,1-3H3,(H,18,21). The summed E-state index contributed by atoms with van der Waals surface area (Å²) in [6.07, 6.45) is 7.36. The van der Waals surface area contributed by atoms with Crippen LogP contribution in [0.1, 0.15) is 65.7 Å². The van der Waals surface area contributed by atoms with Crippen LogP contribution < -0.4 is 5.32 Å². The molecule has 1 saturated carbocycles. The van der Waals surface area contributed by atoms with Gasteiger partial charge in [0.25, 0.3) is 0 Å². The Labute approximate surface area is 128 Å². The van der Waals surface area contributed by atoms with Crippen LogP contribution in [-0.2, 0) is 9.59 Å². The maximum absolute atomic E-state index is 12.2. The van der Waals surface area contributed by atoms with Crippen molar-refractivity contribution in [1.82, 2.24) is 10.2 Å². The van der Waals surface area contributed by atoms with E-state index in [1.54, 1.807) is 0 Å². The van der Waals surface area contributed by atoms with E-state index < -0.39 is 0 Å². The quantitative estimate of drug-likeness (QED) is 0.870. The van der Waals surface area contributed by atoms with Crippen molar-refractivity contribution in [1.29, 1.82) is 0 Å². The van der Waals surface area contributed by atoms with Gasteiger partial charge in [-0.05, 0) is 53.0 Å². The molecule has 2 rings (SSSR count). The van der Waals surface area contributed by atoms with Crippen LogP contribution in [0.25, 0.3) is 0 Å². The van der Waals surface area contributed by atoms with E-state index in [4.69, 9.17) is 0 Å². The second-order valence-corrected chi connectivity index (χ2v) is 7.65. The lowest BCUT2D eigenvalue weighted by Crippen LogP contribution is -2.53. The van der Waals surface area contributed by atoms with Crippen LogP contribution >= 0.6 is 0 Å². The smallest absolute Gasteiger partial charge is 0.234 e. The molecule has 1 N–H and O–H groups in total. The Balaban J connectivity index is 1.98. The van der Waals surface area contributed by atoms with E-state index in [2.05, 4.69) is 10.2 Å². The number of carbonyl (C=O) groups excluding carboxylic acids is 2. The number of nitrogens with one attached hydrogen (secondary N) is 1. The minimum absolute atomic E-state index is 0.0812. The van der Waals surface area contributed by atoms with E-state index in [-0.39, 0.29) is 23.4 Å². The number of nitrogens with zero attached hydrogens (tertiary/aromatic N) is 1. The number of Topliss-reactive ketones (excluding diaryl/α,β-unsaturated/α-hetero) is 1. The van der Waals surface area contributed by atoms with Crippen molar-refractivity contribution in [3.05, 3.63) is 0 Å². The molecule has 1 aliphatic heterocycles. The fraction of sp³-hybridized carbons (Fsp3) is 0.882. The summed E-state index contributed by atoms with van der Waals surface area (Å²) in [5.74, 6) is 0.675. The van der Waals surface area contributed by atoms with Crippen molar-refractivity contribution in [2.24, 2.45) is 5.92 Å². The molecule has 4 heteroatoms. The monoisotopic (exact) mass is 294 g/mol. The van der Waals surface area contributed by atoms with Crippen LogP contribution in [0, 0.1) is 5.92 Å². The molecule has 1 aliphatic carbocycles. The maximum Gasteiger partial charge on any atom is 0.234 e. The summed E-state index contributed by atoms with van der Waals surface area (Å²) >= 11 is 0. The summed E-state index contributed by atoms with van der Waals surface area (Å²) in [5, 5.41) is 3.04. The van der Waals surface area contributed by atoms with Crippen LogP contribution in [-0.4, -0.2) is 41.3 Å². The van der Waals surface area contributed by atoms with Crippen LogP contribution in [0.3, 0.4) is 0 Å². The first-order valence-corrected chi connectivity index (χ1v) is 8.44. The van der Waals surface area contributed by atoms with Gasteiger partial charge >= 0.3 is 0 Å². The highest BCUT2D eigenvalue weighted by Gasteiger charge is 2.36. The molecule has 2 atom stereocenters.